The summed E-state index contributed by atoms with van der Waals surface area (Å²) in [6, 6.07) is 3.08. The third kappa shape index (κ3) is 3.81. The van der Waals surface area contributed by atoms with E-state index in [2.05, 4.69) is 12.2 Å². The maximum atomic E-state index is 10.7. The van der Waals surface area contributed by atoms with E-state index in [9.17, 15) is 9.90 Å². The van der Waals surface area contributed by atoms with Crippen LogP contribution >= 0.6 is 0 Å². The highest BCUT2D eigenvalue weighted by Crippen LogP contribution is 2.31. The van der Waals surface area contributed by atoms with E-state index in [-0.39, 0.29) is 5.76 Å². The van der Waals surface area contributed by atoms with Crippen LogP contribution in [0.4, 0.5) is 0 Å². The molecule has 3 N–H and O–H groups in total. The Kier molecular flexibility index (Phi) is 4.27. The van der Waals surface area contributed by atoms with Gasteiger partial charge in [0, 0.05) is 6.54 Å². The third-order valence-electron chi connectivity index (χ3n) is 3.69. The van der Waals surface area contributed by atoms with Crippen LogP contribution in [0.15, 0.2) is 16.5 Å². The van der Waals surface area contributed by atoms with Gasteiger partial charge in [-0.25, -0.2) is 4.79 Å². The van der Waals surface area contributed by atoms with Crippen LogP contribution in [-0.2, 0) is 6.54 Å². The Labute approximate surface area is 112 Å². The monoisotopic (exact) mass is 267 g/mol. The summed E-state index contributed by atoms with van der Waals surface area (Å²) < 4.78 is 5.14. The van der Waals surface area contributed by atoms with Crippen molar-refractivity contribution in [3.05, 3.63) is 23.7 Å². The van der Waals surface area contributed by atoms with Crippen molar-refractivity contribution in [3.8, 4) is 0 Å². The minimum atomic E-state index is -1.06. The van der Waals surface area contributed by atoms with Gasteiger partial charge in [0.2, 0.25) is 5.76 Å². The highest BCUT2D eigenvalue weighted by atomic mass is 16.4. The second kappa shape index (κ2) is 5.75. The van der Waals surface area contributed by atoms with E-state index in [1.54, 1.807) is 6.07 Å². The zero-order chi connectivity index (χ0) is 13.9. The molecule has 1 fully saturated rings. The van der Waals surface area contributed by atoms with Gasteiger partial charge in [0.1, 0.15) is 5.76 Å². The number of rotatable bonds is 5. The standard InChI is InChI=1S/C14H21NO4/c1-10-3-2-6-14(18,7-10)9-15-8-11-4-5-12(19-11)13(16)17/h4-5,10,15,18H,2-3,6-9H2,1H3,(H,16,17). The van der Waals surface area contributed by atoms with Gasteiger partial charge in [-0.15, -0.1) is 0 Å². The molecule has 1 saturated carbocycles. The molecule has 2 unspecified atom stereocenters. The third-order valence-corrected chi connectivity index (χ3v) is 3.69. The number of aliphatic hydroxyl groups is 1. The fourth-order valence-corrected chi connectivity index (χ4v) is 2.80. The largest absolute Gasteiger partial charge is 0.475 e. The molecular weight excluding hydrogens is 246 g/mol. The Bertz CT molecular complexity index is 442. The Morgan fingerprint density at radius 3 is 3.00 bits per heavy atom. The number of nitrogens with one attached hydrogen (secondary N) is 1. The van der Waals surface area contributed by atoms with Crippen LogP contribution in [0.1, 0.15) is 48.9 Å². The van der Waals surface area contributed by atoms with Crippen molar-refractivity contribution in [3.63, 3.8) is 0 Å². The van der Waals surface area contributed by atoms with Crippen molar-refractivity contribution in [2.45, 2.75) is 44.8 Å². The maximum Gasteiger partial charge on any atom is 0.371 e. The number of furan rings is 1. The van der Waals surface area contributed by atoms with E-state index in [0.717, 1.165) is 19.3 Å². The van der Waals surface area contributed by atoms with Crippen LogP contribution in [0.25, 0.3) is 0 Å². The van der Waals surface area contributed by atoms with Crippen molar-refractivity contribution in [1.29, 1.82) is 0 Å². The van der Waals surface area contributed by atoms with E-state index in [0.29, 0.717) is 24.8 Å². The lowest BCUT2D eigenvalue weighted by Crippen LogP contribution is -2.43. The number of hydrogen-bond donors (Lipinski definition) is 3. The first-order valence-electron chi connectivity index (χ1n) is 6.74. The fraction of sp³-hybridized carbons (Fsp3) is 0.643. The van der Waals surface area contributed by atoms with Gasteiger partial charge in [0.15, 0.2) is 0 Å². The molecule has 2 atom stereocenters. The number of carboxylic acid groups (broad SMARTS) is 1. The molecule has 0 radical (unpaired) electrons. The van der Waals surface area contributed by atoms with Crippen molar-refractivity contribution in [2.75, 3.05) is 6.54 Å². The summed E-state index contributed by atoms with van der Waals surface area (Å²) in [7, 11) is 0. The molecule has 0 bridgehead atoms. The highest BCUT2D eigenvalue weighted by molar-refractivity contribution is 5.84. The molecular formula is C14H21NO4. The van der Waals surface area contributed by atoms with Gasteiger partial charge in [-0.05, 0) is 30.9 Å². The Morgan fingerprint density at radius 1 is 1.58 bits per heavy atom. The molecule has 1 aromatic rings. The van der Waals surface area contributed by atoms with E-state index in [1.165, 1.54) is 12.5 Å². The smallest absolute Gasteiger partial charge is 0.371 e. The Morgan fingerprint density at radius 2 is 2.37 bits per heavy atom. The molecule has 1 heterocycles. The number of carboxylic acids is 1. The van der Waals surface area contributed by atoms with E-state index >= 15 is 0 Å². The summed E-state index contributed by atoms with van der Waals surface area (Å²) in [6.07, 6.45) is 3.88. The van der Waals surface area contributed by atoms with E-state index in [4.69, 9.17) is 9.52 Å². The van der Waals surface area contributed by atoms with Crippen LogP contribution in [0.3, 0.4) is 0 Å². The summed E-state index contributed by atoms with van der Waals surface area (Å²) >= 11 is 0. The molecule has 0 aromatic carbocycles. The number of aromatic carboxylic acids is 1. The summed E-state index contributed by atoms with van der Waals surface area (Å²) in [5.74, 6) is 0.0143. The Hall–Kier alpha value is -1.33. The van der Waals surface area contributed by atoms with E-state index in [1.807, 2.05) is 0 Å². The molecule has 1 aliphatic rings. The van der Waals surface area contributed by atoms with Crippen molar-refractivity contribution in [2.24, 2.45) is 5.92 Å². The normalized spacial score (nSPS) is 27.4. The first-order valence-corrected chi connectivity index (χ1v) is 6.74. The molecule has 1 aromatic heterocycles. The molecule has 0 aliphatic heterocycles. The van der Waals surface area contributed by atoms with Gasteiger partial charge in [-0.3, -0.25) is 0 Å². The lowest BCUT2D eigenvalue weighted by Gasteiger charge is -2.35. The molecule has 0 spiro atoms. The lowest BCUT2D eigenvalue weighted by molar-refractivity contribution is -0.0122. The highest BCUT2D eigenvalue weighted by Gasteiger charge is 2.32. The first-order chi connectivity index (χ1) is 8.98. The van der Waals surface area contributed by atoms with Crippen LogP contribution in [0.2, 0.25) is 0 Å². The molecule has 106 valence electrons. The molecule has 5 nitrogen and oxygen atoms in total. The van der Waals surface area contributed by atoms with Gasteiger partial charge >= 0.3 is 5.97 Å². The second-order valence-corrected chi connectivity index (χ2v) is 5.60. The van der Waals surface area contributed by atoms with Gasteiger partial charge in [0.05, 0.1) is 12.1 Å². The first kappa shape index (κ1) is 14.1. The zero-order valence-electron chi connectivity index (χ0n) is 11.2. The van der Waals surface area contributed by atoms with Crippen LogP contribution in [0.5, 0.6) is 0 Å². The molecule has 0 amide bonds. The minimum Gasteiger partial charge on any atom is -0.475 e. The van der Waals surface area contributed by atoms with Crippen LogP contribution in [0, 0.1) is 5.92 Å². The average molecular weight is 267 g/mol. The van der Waals surface area contributed by atoms with Crippen LogP contribution in [-0.4, -0.2) is 28.3 Å². The molecule has 0 saturated heterocycles. The predicted octanol–water partition coefficient (Wildman–Crippen LogP) is 2.01. The Balaban J connectivity index is 1.80. The lowest BCUT2D eigenvalue weighted by atomic mass is 9.79. The summed E-state index contributed by atoms with van der Waals surface area (Å²) in [6.45, 7) is 3.11. The topological polar surface area (TPSA) is 82.7 Å². The van der Waals surface area contributed by atoms with E-state index < -0.39 is 11.6 Å². The quantitative estimate of drug-likeness (QED) is 0.760. The van der Waals surface area contributed by atoms with Crippen molar-refractivity contribution in [1.82, 2.24) is 5.32 Å². The zero-order valence-corrected chi connectivity index (χ0v) is 11.2. The van der Waals surface area contributed by atoms with Gasteiger partial charge in [0.25, 0.3) is 0 Å². The van der Waals surface area contributed by atoms with Crippen LogP contribution < -0.4 is 5.32 Å². The molecule has 2 rings (SSSR count). The maximum absolute atomic E-state index is 10.7. The number of carbonyl (C=O) groups is 1. The summed E-state index contributed by atoms with van der Waals surface area (Å²) in [5, 5.41) is 22.3. The van der Waals surface area contributed by atoms with Crippen molar-refractivity contribution >= 4 is 5.97 Å². The fourth-order valence-electron chi connectivity index (χ4n) is 2.80. The van der Waals surface area contributed by atoms with Crippen molar-refractivity contribution < 1.29 is 19.4 Å². The second-order valence-electron chi connectivity index (χ2n) is 5.60. The van der Waals surface area contributed by atoms with Gasteiger partial charge in [-0.2, -0.15) is 0 Å². The SMILES string of the molecule is CC1CCCC(O)(CNCc2ccc(C(=O)O)o2)C1. The molecule has 1 aliphatic carbocycles. The summed E-state index contributed by atoms with van der Waals surface area (Å²) in [4.78, 5) is 10.7. The predicted molar refractivity (Wildman–Crippen MR) is 70.0 cm³/mol. The van der Waals surface area contributed by atoms with Gasteiger partial charge < -0.3 is 19.9 Å². The summed E-state index contributed by atoms with van der Waals surface area (Å²) in [5.41, 5.74) is -0.639. The molecule has 19 heavy (non-hydrogen) atoms. The van der Waals surface area contributed by atoms with Gasteiger partial charge in [-0.1, -0.05) is 19.8 Å². The average Bonchev–Trinajstić information content (AvgIpc) is 2.77. The minimum absolute atomic E-state index is 0.0539. The molecule has 5 heteroatoms. The number of hydrogen-bond acceptors (Lipinski definition) is 4.